The molecule has 0 saturated carbocycles. The number of H-pyrrole nitrogens is 1. The fourth-order valence-corrected chi connectivity index (χ4v) is 3.90. The van der Waals surface area contributed by atoms with Crippen LogP contribution in [0.2, 0.25) is 0 Å². The van der Waals surface area contributed by atoms with Crippen molar-refractivity contribution in [2.75, 3.05) is 12.3 Å². The Morgan fingerprint density at radius 3 is 2.90 bits per heavy atom. The number of hydrogen-bond acceptors (Lipinski definition) is 4. The molecule has 0 bridgehead atoms. The van der Waals surface area contributed by atoms with E-state index < -0.39 is 0 Å². The van der Waals surface area contributed by atoms with E-state index in [-0.39, 0.29) is 0 Å². The lowest BCUT2D eigenvalue weighted by Gasteiger charge is -2.22. The van der Waals surface area contributed by atoms with Crippen molar-refractivity contribution in [1.29, 1.82) is 0 Å². The number of rotatable bonds is 5. The average molecular weight is 288 g/mol. The molecule has 106 valence electrons. The van der Waals surface area contributed by atoms with Gasteiger partial charge in [0.1, 0.15) is 11.4 Å². The molecule has 1 unspecified atom stereocenters. The van der Waals surface area contributed by atoms with Gasteiger partial charge in [-0.05, 0) is 25.5 Å². The Kier molecular flexibility index (Phi) is 4.08. The fourth-order valence-electron chi connectivity index (χ4n) is 2.62. The van der Waals surface area contributed by atoms with E-state index in [0.717, 1.165) is 30.0 Å². The zero-order valence-electron chi connectivity index (χ0n) is 11.7. The maximum Gasteiger partial charge on any atom is 0.117 e. The largest absolute Gasteiger partial charge is 0.310 e. The van der Waals surface area contributed by atoms with E-state index in [9.17, 15) is 0 Å². The van der Waals surface area contributed by atoms with Crippen LogP contribution in [0.3, 0.4) is 0 Å². The van der Waals surface area contributed by atoms with Crippen LogP contribution in [0.1, 0.15) is 25.5 Å². The highest BCUT2D eigenvalue weighted by molar-refractivity contribution is 8.00. The van der Waals surface area contributed by atoms with Gasteiger partial charge in [0.15, 0.2) is 0 Å². The normalized spacial score (nSPS) is 22.2. The van der Waals surface area contributed by atoms with E-state index >= 15 is 0 Å². The molecule has 2 aromatic rings. The van der Waals surface area contributed by atoms with Crippen molar-refractivity contribution < 1.29 is 0 Å². The second-order valence-corrected chi connectivity index (χ2v) is 7.17. The summed E-state index contributed by atoms with van der Waals surface area (Å²) in [6.45, 7) is 4.13. The van der Waals surface area contributed by atoms with Gasteiger partial charge in [0, 0.05) is 23.4 Å². The van der Waals surface area contributed by atoms with Crippen molar-refractivity contribution in [3.63, 3.8) is 0 Å². The molecule has 0 spiro atoms. The minimum Gasteiger partial charge on any atom is -0.310 e. The lowest BCUT2D eigenvalue weighted by Crippen LogP contribution is -2.32. The van der Waals surface area contributed by atoms with Crippen LogP contribution in [0.25, 0.3) is 11.3 Å². The summed E-state index contributed by atoms with van der Waals surface area (Å²) in [5.74, 6) is 1.29. The molecule has 1 saturated heterocycles. The summed E-state index contributed by atoms with van der Waals surface area (Å²) in [5, 5.41) is 14.8. The molecule has 1 atom stereocenters. The van der Waals surface area contributed by atoms with E-state index in [4.69, 9.17) is 0 Å². The van der Waals surface area contributed by atoms with E-state index in [0.29, 0.717) is 4.75 Å². The van der Waals surface area contributed by atoms with Crippen LogP contribution in [0.4, 0.5) is 0 Å². The molecular weight excluding hydrogens is 268 g/mol. The number of aromatic nitrogens is 3. The summed E-state index contributed by atoms with van der Waals surface area (Å²) >= 11 is 2.08. The van der Waals surface area contributed by atoms with Gasteiger partial charge in [-0.2, -0.15) is 27.2 Å². The van der Waals surface area contributed by atoms with Gasteiger partial charge in [0.25, 0.3) is 0 Å². The first-order valence-electron chi connectivity index (χ1n) is 7.07. The van der Waals surface area contributed by atoms with Crippen LogP contribution in [0.15, 0.2) is 30.3 Å². The molecule has 0 amide bonds. The number of thioether (sulfide) groups is 1. The van der Waals surface area contributed by atoms with Crippen molar-refractivity contribution in [1.82, 2.24) is 20.7 Å². The average Bonchev–Trinajstić information content (AvgIpc) is 3.10. The number of nitrogens with zero attached hydrogens (tertiary/aromatic N) is 2. The highest BCUT2D eigenvalue weighted by Gasteiger charge is 2.28. The van der Waals surface area contributed by atoms with Crippen molar-refractivity contribution in [2.24, 2.45) is 0 Å². The quantitative estimate of drug-likeness (QED) is 0.888. The highest BCUT2D eigenvalue weighted by atomic mass is 32.2. The monoisotopic (exact) mass is 288 g/mol. The van der Waals surface area contributed by atoms with Crippen LogP contribution < -0.4 is 5.32 Å². The topological polar surface area (TPSA) is 53.6 Å². The number of aromatic amines is 1. The van der Waals surface area contributed by atoms with Gasteiger partial charge in [-0.1, -0.05) is 30.3 Å². The zero-order valence-corrected chi connectivity index (χ0v) is 12.5. The molecule has 0 radical (unpaired) electrons. The molecule has 3 rings (SSSR count). The lowest BCUT2D eigenvalue weighted by atomic mass is 10.1. The Hall–Kier alpha value is -1.33. The van der Waals surface area contributed by atoms with Gasteiger partial charge in [-0.25, -0.2) is 0 Å². The van der Waals surface area contributed by atoms with Gasteiger partial charge in [-0.3, -0.25) is 0 Å². The molecule has 4 nitrogen and oxygen atoms in total. The second kappa shape index (κ2) is 5.97. The van der Waals surface area contributed by atoms with Crippen molar-refractivity contribution in [3.05, 3.63) is 36.0 Å². The van der Waals surface area contributed by atoms with Gasteiger partial charge >= 0.3 is 0 Å². The highest BCUT2D eigenvalue weighted by Crippen LogP contribution is 2.37. The van der Waals surface area contributed by atoms with E-state index in [1.807, 2.05) is 18.2 Å². The van der Waals surface area contributed by atoms with Crippen LogP contribution in [0.5, 0.6) is 0 Å². The molecule has 1 aromatic carbocycles. The summed E-state index contributed by atoms with van der Waals surface area (Å²) < 4.78 is 0.386. The molecule has 1 aromatic heterocycles. The Bertz CT molecular complexity index is 546. The number of hydrogen-bond donors (Lipinski definition) is 2. The first-order chi connectivity index (χ1) is 9.77. The van der Waals surface area contributed by atoms with E-state index in [2.05, 4.69) is 51.5 Å². The summed E-state index contributed by atoms with van der Waals surface area (Å²) in [7, 11) is 0. The maximum absolute atomic E-state index is 4.27. The first kappa shape index (κ1) is 13.6. The minimum absolute atomic E-state index is 0.386. The second-order valence-electron chi connectivity index (χ2n) is 5.49. The Balaban J connectivity index is 1.63. The standard InChI is InChI=1S/C15H20N4S/c1-15(8-5-9-20-15)11-16-10-13-14(18-19-17-13)12-6-3-2-4-7-12/h2-4,6-7,16H,5,8-11H2,1H3,(H,17,18,19). The van der Waals surface area contributed by atoms with Crippen LogP contribution >= 0.6 is 11.8 Å². The molecule has 20 heavy (non-hydrogen) atoms. The van der Waals surface area contributed by atoms with Gasteiger partial charge in [0.2, 0.25) is 0 Å². The number of benzene rings is 1. The smallest absolute Gasteiger partial charge is 0.117 e. The minimum atomic E-state index is 0.386. The molecule has 1 fully saturated rings. The van der Waals surface area contributed by atoms with Crippen molar-refractivity contribution >= 4 is 11.8 Å². The van der Waals surface area contributed by atoms with Gasteiger partial charge < -0.3 is 5.32 Å². The Labute approximate surface area is 123 Å². The third kappa shape index (κ3) is 3.04. The molecule has 1 aliphatic rings. The maximum atomic E-state index is 4.27. The predicted octanol–water partition coefficient (Wildman–Crippen LogP) is 2.85. The molecule has 1 aliphatic heterocycles. The van der Waals surface area contributed by atoms with Gasteiger partial charge in [0.05, 0.1) is 0 Å². The van der Waals surface area contributed by atoms with E-state index in [1.165, 1.54) is 18.6 Å². The number of nitrogens with one attached hydrogen (secondary N) is 2. The third-order valence-electron chi connectivity index (χ3n) is 3.76. The van der Waals surface area contributed by atoms with Crippen LogP contribution in [-0.2, 0) is 6.54 Å². The predicted molar refractivity (Wildman–Crippen MR) is 83.6 cm³/mol. The molecule has 2 N–H and O–H groups in total. The third-order valence-corrected chi connectivity index (χ3v) is 5.30. The summed E-state index contributed by atoms with van der Waals surface area (Å²) in [6.07, 6.45) is 2.64. The molecule has 2 heterocycles. The Morgan fingerprint density at radius 2 is 2.15 bits per heavy atom. The first-order valence-corrected chi connectivity index (χ1v) is 8.05. The fraction of sp³-hybridized carbons (Fsp3) is 0.467. The lowest BCUT2D eigenvalue weighted by molar-refractivity contribution is 0.534. The Morgan fingerprint density at radius 1 is 1.30 bits per heavy atom. The molecular formula is C15H20N4S. The molecule has 0 aliphatic carbocycles. The molecule has 5 heteroatoms. The van der Waals surface area contributed by atoms with Crippen LogP contribution in [0, 0.1) is 0 Å². The van der Waals surface area contributed by atoms with Crippen molar-refractivity contribution in [3.8, 4) is 11.3 Å². The summed E-state index contributed by atoms with van der Waals surface area (Å²) in [4.78, 5) is 0. The van der Waals surface area contributed by atoms with Crippen LogP contribution in [-0.4, -0.2) is 32.5 Å². The SMILES string of the molecule is CC1(CNCc2n[nH]nc2-c2ccccc2)CCCS1. The zero-order chi connectivity index (χ0) is 13.8. The van der Waals surface area contributed by atoms with Gasteiger partial charge in [-0.15, -0.1) is 0 Å². The summed E-state index contributed by atoms with van der Waals surface area (Å²) in [5.41, 5.74) is 3.05. The van der Waals surface area contributed by atoms with Crippen molar-refractivity contribution in [2.45, 2.75) is 31.1 Å². The summed E-state index contributed by atoms with van der Waals surface area (Å²) in [6, 6.07) is 10.2. The van der Waals surface area contributed by atoms with E-state index in [1.54, 1.807) is 0 Å².